The van der Waals surface area contributed by atoms with E-state index in [1.807, 2.05) is 6.92 Å². The lowest BCUT2D eigenvalue weighted by molar-refractivity contribution is 0.336. The molecule has 2 rings (SSSR count). The average Bonchev–Trinajstić information content (AvgIpc) is 2.32. The third kappa shape index (κ3) is 3.09. The quantitative estimate of drug-likeness (QED) is 0.598. The predicted octanol–water partition coefficient (Wildman–Crippen LogP) is 6.20. The first-order valence-electron chi connectivity index (χ1n) is 6.64. The second-order valence-electron chi connectivity index (χ2n) is 4.98. The van der Waals surface area contributed by atoms with E-state index in [1.165, 1.54) is 27.8 Å². The zero-order chi connectivity index (χ0) is 14.9. The Morgan fingerprint density at radius 1 is 0.900 bits per heavy atom. The summed E-state index contributed by atoms with van der Waals surface area (Å²) >= 11 is 7.21. The van der Waals surface area contributed by atoms with Crippen molar-refractivity contribution in [2.45, 2.75) is 27.7 Å². The van der Waals surface area contributed by atoms with Crippen LogP contribution in [-0.2, 0) is 0 Å². The third-order valence-corrected chi connectivity index (χ3v) is 4.43. The summed E-state index contributed by atoms with van der Waals surface area (Å²) in [6.45, 7) is 9.09. The number of hydrogen-bond acceptors (Lipinski definition) is 1. The molecule has 0 bridgehead atoms. The minimum absolute atomic E-state index is 0.652. The van der Waals surface area contributed by atoms with Crippen LogP contribution in [0.25, 0.3) is 11.1 Å². The second-order valence-corrected chi connectivity index (χ2v) is 6.68. The van der Waals surface area contributed by atoms with Crippen molar-refractivity contribution < 1.29 is 4.74 Å². The molecule has 0 spiro atoms. The Morgan fingerprint density at radius 3 is 1.85 bits per heavy atom. The Bertz CT molecular complexity index is 601. The van der Waals surface area contributed by atoms with Crippen molar-refractivity contribution in [2.24, 2.45) is 0 Å². The predicted molar refractivity (Wildman–Crippen MR) is 92.7 cm³/mol. The summed E-state index contributed by atoms with van der Waals surface area (Å²) in [7, 11) is 0. The van der Waals surface area contributed by atoms with Gasteiger partial charge in [0, 0.05) is 0 Å². The Hall–Kier alpha value is -0.800. The number of benzene rings is 2. The van der Waals surface area contributed by atoms with E-state index >= 15 is 0 Å². The van der Waals surface area contributed by atoms with Crippen LogP contribution in [0.4, 0.5) is 0 Å². The fourth-order valence-electron chi connectivity index (χ4n) is 2.62. The van der Waals surface area contributed by atoms with Gasteiger partial charge in [-0.25, -0.2) is 0 Å². The highest BCUT2D eigenvalue weighted by Crippen LogP contribution is 2.39. The van der Waals surface area contributed by atoms with Crippen molar-refractivity contribution in [3.63, 3.8) is 0 Å². The van der Waals surface area contributed by atoms with Crippen LogP contribution in [0.15, 0.2) is 33.2 Å². The molecule has 106 valence electrons. The molecule has 0 aliphatic heterocycles. The van der Waals surface area contributed by atoms with Gasteiger partial charge >= 0.3 is 0 Å². The molecule has 0 aliphatic rings. The smallest absolute Gasteiger partial charge is 0.147 e. The molecule has 20 heavy (non-hydrogen) atoms. The van der Waals surface area contributed by atoms with E-state index in [-0.39, 0.29) is 0 Å². The molecule has 2 aromatic rings. The van der Waals surface area contributed by atoms with Gasteiger partial charge in [-0.15, -0.1) is 0 Å². The molecule has 0 saturated carbocycles. The van der Waals surface area contributed by atoms with Crippen LogP contribution >= 0.6 is 31.9 Å². The van der Waals surface area contributed by atoms with E-state index in [9.17, 15) is 0 Å². The Balaban J connectivity index is 2.60. The second kappa shape index (κ2) is 6.31. The summed E-state index contributed by atoms with van der Waals surface area (Å²) < 4.78 is 7.59. The van der Waals surface area contributed by atoms with Crippen molar-refractivity contribution in [1.82, 2.24) is 0 Å². The molecule has 0 unspecified atom stereocenters. The number of rotatable bonds is 3. The normalized spacial score (nSPS) is 10.7. The zero-order valence-corrected chi connectivity index (χ0v) is 15.4. The molecule has 0 heterocycles. The van der Waals surface area contributed by atoms with Gasteiger partial charge < -0.3 is 4.74 Å². The third-order valence-electron chi connectivity index (χ3n) is 3.25. The van der Waals surface area contributed by atoms with E-state index in [1.54, 1.807) is 0 Å². The Kier molecular flexibility index (Phi) is 4.92. The lowest BCUT2D eigenvalue weighted by Crippen LogP contribution is -1.95. The zero-order valence-electron chi connectivity index (χ0n) is 12.2. The minimum Gasteiger partial charge on any atom is -0.492 e. The molecule has 0 aliphatic carbocycles. The van der Waals surface area contributed by atoms with E-state index in [0.717, 1.165) is 14.7 Å². The summed E-state index contributed by atoms with van der Waals surface area (Å²) in [5.74, 6) is 0.860. The number of hydrogen-bond donors (Lipinski definition) is 0. The van der Waals surface area contributed by atoms with Gasteiger partial charge in [0.05, 0.1) is 15.6 Å². The first-order chi connectivity index (χ1) is 9.43. The SMILES string of the molecule is CCOc1c(Br)cc(-c2c(C)cc(C)cc2C)cc1Br. The molecular formula is C17H18Br2O. The van der Waals surface area contributed by atoms with Crippen molar-refractivity contribution in [3.05, 3.63) is 49.9 Å². The van der Waals surface area contributed by atoms with Crippen molar-refractivity contribution in [1.29, 1.82) is 0 Å². The van der Waals surface area contributed by atoms with Gasteiger partial charge in [-0.2, -0.15) is 0 Å². The molecule has 0 saturated heterocycles. The maximum Gasteiger partial charge on any atom is 0.147 e. The van der Waals surface area contributed by atoms with Crippen LogP contribution in [0.5, 0.6) is 5.75 Å². The molecular weight excluding hydrogens is 380 g/mol. The van der Waals surface area contributed by atoms with Crippen LogP contribution in [0.2, 0.25) is 0 Å². The van der Waals surface area contributed by atoms with Crippen LogP contribution in [0, 0.1) is 20.8 Å². The molecule has 1 nitrogen and oxygen atoms in total. The summed E-state index contributed by atoms with van der Waals surface area (Å²) in [6, 6.07) is 8.70. The molecule has 2 aromatic carbocycles. The van der Waals surface area contributed by atoms with Crippen molar-refractivity contribution >= 4 is 31.9 Å². The topological polar surface area (TPSA) is 9.23 Å². The highest BCUT2D eigenvalue weighted by atomic mass is 79.9. The monoisotopic (exact) mass is 396 g/mol. The van der Waals surface area contributed by atoms with Crippen molar-refractivity contribution in [2.75, 3.05) is 6.61 Å². The largest absolute Gasteiger partial charge is 0.492 e. The summed E-state index contributed by atoms with van der Waals surface area (Å²) in [6.07, 6.45) is 0. The number of ether oxygens (including phenoxy) is 1. The average molecular weight is 398 g/mol. The van der Waals surface area contributed by atoms with Gasteiger partial charge in [0.25, 0.3) is 0 Å². The van der Waals surface area contributed by atoms with Crippen LogP contribution in [0.1, 0.15) is 23.6 Å². The number of halogens is 2. The maximum absolute atomic E-state index is 5.64. The molecule has 0 atom stereocenters. The summed E-state index contributed by atoms with van der Waals surface area (Å²) in [4.78, 5) is 0. The van der Waals surface area contributed by atoms with E-state index in [4.69, 9.17) is 4.74 Å². The van der Waals surface area contributed by atoms with Crippen LogP contribution < -0.4 is 4.74 Å². The van der Waals surface area contributed by atoms with Crippen molar-refractivity contribution in [3.8, 4) is 16.9 Å². The van der Waals surface area contributed by atoms with Gasteiger partial charge in [-0.1, -0.05) is 17.7 Å². The van der Waals surface area contributed by atoms with E-state index in [2.05, 4.69) is 76.9 Å². The first kappa shape index (κ1) is 15.6. The summed E-state index contributed by atoms with van der Waals surface area (Å²) in [5.41, 5.74) is 6.38. The van der Waals surface area contributed by atoms with Gasteiger partial charge in [-0.3, -0.25) is 0 Å². The summed E-state index contributed by atoms with van der Waals surface area (Å²) in [5, 5.41) is 0. The van der Waals surface area contributed by atoms with Crippen LogP contribution in [-0.4, -0.2) is 6.61 Å². The van der Waals surface area contributed by atoms with Gasteiger partial charge in [0.15, 0.2) is 0 Å². The Morgan fingerprint density at radius 2 is 1.40 bits per heavy atom. The van der Waals surface area contributed by atoms with Gasteiger partial charge in [-0.05, 0) is 93.9 Å². The number of aryl methyl sites for hydroxylation is 3. The highest BCUT2D eigenvalue weighted by molar-refractivity contribution is 9.11. The molecule has 0 aromatic heterocycles. The lowest BCUT2D eigenvalue weighted by atomic mass is 9.94. The van der Waals surface area contributed by atoms with E-state index in [0.29, 0.717) is 6.61 Å². The highest BCUT2D eigenvalue weighted by Gasteiger charge is 2.13. The molecule has 3 heteroatoms. The molecule has 0 amide bonds. The van der Waals surface area contributed by atoms with E-state index < -0.39 is 0 Å². The van der Waals surface area contributed by atoms with Gasteiger partial charge in [0.2, 0.25) is 0 Å². The molecule has 0 radical (unpaired) electrons. The lowest BCUT2D eigenvalue weighted by Gasteiger charge is -2.15. The van der Waals surface area contributed by atoms with Crippen LogP contribution in [0.3, 0.4) is 0 Å². The minimum atomic E-state index is 0.652. The Labute approximate surface area is 137 Å². The fourth-order valence-corrected chi connectivity index (χ4v) is 4.04. The first-order valence-corrected chi connectivity index (χ1v) is 8.22. The fraction of sp³-hybridized carbons (Fsp3) is 0.294. The standard InChI is InChI=1S/C17H18Br2O/c1-5-20-17-14(18)8-13(9-15(17)19)16-11(3)6-10(2)7-12(16)4/h6-9H,5H2,1-4H3. The van der Waals surface area contributed by atoms with Gasteiger partial charge in [0.1, 0.15) is 5.75 Å². The maximum atomic E-state index is 5.64. The molecule has 0 fully saturated rings. The molecule has 0 N–H and O–H groups in total.